The predicted octanol–water partition coefficient (Wildman–Crippen LogP) is 1.81. The van der Waals surface area contributed by atoms with E-state index < -0.39 is 10.0 Å². The molecule has 0 amide bonds. The Morgan fingerprint density at radius 2 is 2.24 bits per heavy atom. The van der Waals surface area contributed by atoms with E-state index in [2.05, 4.69) is 18.8 Å². The van der Waals surface area contributed by atoms with Crippen molar-refractivity contribution in [3.63, 3.8) is 0 Å². The van der Waals surface area contributed by atoms with E-state index in [-0.39, 0.29) is 6.54 Å². The highest BCUT2D eigenvalue weighted by Gasteiger charge is 2.29. The third kappa shape index (κ3) is 3.85. The molecule has 4 nitrogen and oxygen atoms in total. The molecule has 2 rings (SSSR count). The fourth-order valence-electron chi connectivity index (χ4n) is 2.61. The maximum Gasteiger partial charge on any atom is 0.243 e. The molecule has 1 aromatic carbocycles. The lowest BCUT2D eigenvalue weighted by Gasteiger charge is -2.31. The number of nitrogens with two attached hydrogens (primary N) is 1. The molecule has 1 aliphatic heterocycles. The van der Waals surface area contributed by atoms with Gasteiger partial charge < -0.3 is 5.73 Å². The smallest absolute Gasteiger partial charge is 0.243 e. The molecule has 1 saturated heterocycles. The van der Waals surface area contributed by atoms with Gasteiger partial charge in [0.1, 0.15) is 0 Å². The van der Waals surface area contributed by atoms with Gasteiger partial charge in [0.05, 0.1) is 11.4 Å². The first-order valence-corrected chi connectivity index (χ1v) is 8.81. The molecule has 0 aromatic heterocycles. The van der Waals surface area contributed by atoms with Crippen LogP contribution in [-0.4, -0.2) is 32.4 Å². The van der Waals surface area contributed by atoms with Gasteiger partial charge in [-0.25, -0.2) is 8.42 Å². The number of sulfonamides is 1. The summed E-state index contributed by atoms with van der Waals surface area (Å²) in [6, 6.07) is 6.80. The minimum Gasteiger partial charge on any atom is -0.320 e. The molecule has 1 unspecified atom stereocenters. The third-order valence-corrected chi connectivity index (χ3v) is 5.73. The number of hydrogen-bond donors (Lipinski definition) is 1. The molecular formula is C16H22N2O2S. The van der Waals surface area contributed by atoms with Crippen LogP contribution in [0.3, 0.4) is 0 Å². The van der Waals surface area contributed by atoms with E-state index in [1.165, 1.54) is 0 Å². The molecule has 0 bridgehead atoms. The molecule has 2 N–H and O–H groups in total. The molecule has 0 radical (unpaired) electrons. The lowest BCUT2D eigenvalue weighted by Crippen LogP contribution is -2.39. The number of nitrogens with zero attached hydrogens (tertiary/aromatic N) is 1. The highest BCUT2D eigenvalue weighted by atomic mass is 32.2. The normalized spacial score (nSPS) is 19.8. The van der Waals surface area contributed by atoms with Gasteiger partial charge in [0.15, 0.2) is 0 Å². The average molecular weight is 306 g/mol. The second-order valence-corrected chi connectivity index (χ2v) is 7.25. The summed E-state index contributed by atoms with van der Waals surface area (Å²) in [5.74, 6) is 6.10. The predicted molar refractivity (Wildman–Crippen MR) is 84.1 cm³/mol. The Kier molecular flexibility index (Phi) is 5.40. The van der Waals surface area contributed by atoms with Gasteiger partial charge in [-0.05, 0) is 37.0 Å². The van der Waals surface area contributed by atoms with E-state index in [1.807, 2.05) is 0 Å². The first kappa shape index (κ1) is 16.0. The fraction of sp³-hybridized carbons (Fsp3) is 0.500. The number of hydrogen-bond acceptors (Lipinski definition) is 3. The molecule has 0 spiro atoms. The zero-order valence-electron chi connectivity index (χ0n) is 12.4. The van der Waals surface area contributed by atoms with Gasteiger partial charge >= 0.3 is 0 Å². The fourth-order valence-corrected chi connectivity index (χ4v) is 4.22. The van der Waals surface area contributed by atoms with Crippen molar-refractivity contribution >= 4 is 10.0 Å². The summed E-state index contributed by atoms with van der Waals surface area (Å²) in [6.07, 6.45) is 3.07. The lowest BCUT2D eigenvalue weighted by molar-refractivity contribution is 0.261. The molecule has 21 heavy (non-hydrogen) atoms. The molecule has 0 saturated carbocycles. The van der Waals surface area contributed by atoms with Crippen LogP contribution < -0.4 is 5.73 Å². The van der Waals surface area contributed by atoms with Gasteiger partial charge in [-0.3, -0.25) is 0 Å². The SMILES string of the molecule is CCC1CCCN(S(=O)(=O)c2cccc(C#CCN)c2)C1. The summed E-state index contributed by atoms with van der Waals surface area (Å²) >= 11 is 0. The van der Waals surface area contributed by atoms with E-state index >= 15 is 0 Å². The van der Waals surface area contributed by atoms with Crippen molar-refractivity contribution in [2.45, 2.75) is 31.1 Å². The lowest BCUT2D eigenvalue weighted by atomic mass is 9.97. The molecule has 0 aliphatic carbocycles. The van der Waals surface area contributed by atoms with Gasteiger partial charge in [0.2, 0.25) is 10.0 Å². The van der Waals surface area contributed by atoms with Crippen LogP contribution in [-0.2, 0) is 10.0 Å². The van der Waals surface area contributed by atoms with E-state index in [4.69, 9.17) is 5.73 Å². The maximum absolute atomic E-state index is 12.7. The second kappa shape index (κ2) is 7.08. The van der Waals surface area contributed by atoms with Crippen molar-refractivity contribution < 1.29 is 8.42 Å². The van der Waals surface area contributed by atoms with Crippen LogP contribution in [0.1, 0.15) is 31.7 Å². The minimum atomic E-state index is -3.42. The van der Waals surface area contributed by atoms with Gasteiger partial charge in [0.25, 0.3) is 0 Å². The molecule has 5 heteroatoms. The Hall–Kier alpha value is -1.35. The highest BCUT2D eigenvalue weighted by Crippen LogP contribution is 2.25. The van der Waals surface area contributed by atoms with E-state index in [0.717, 1.165) is 19.3 Å². The largest absolute Gasteiger partial charge is 0.320 e. The molecule has 1 fully saturated rings. The van der Waals surface area contributed by atoms with Crippen molar-refractivity contribution in [3.8, 4) is 11.8 Å². The molecule has 1 aliphatic rings. The summed E-state index contributed by atoms with van der Waals surface area (Å²) in [7, 11) is -3.42. The minimum absolute atomic E-state index is 0.265. The van der Waals surface area contributed by atoms with Crippen LogP contribution in [0, 0.1) is 17.8 Å². The quantitative estimate of drug-likeness (QED) is 0.866. The van der Waals surface area contributed by atoms with E-state index in [1.54, 1.807) is 28.6 Å². The summed E-state index contributed by atoms with van der Waals surface area (Å²) in [4.78, 5) is 0.322. The van der Waals surface area contributed by atoms with Crippen LogP contribution >= 0.6 is 0 Å². The summed E-state index contributed by atoms with van der Waals surface area (Å²) in [6.45, 7) is 3.61. The second-order valence-electron chi connectivity index (χ2n) is 5.31. The van der Waals surface area contributed by atoms with Crippen LogP contribution in [0.25, 0.3) is 0 Å². The Balaban J connectivity index is 2.26. The van der Waals surface area contributed by atoms with Crippen LogP contribution in [0.15, 0.2) is 29.2 Å². The zero-order valence-corrected chi connectivity index (χ0v) is 13.2. The molecule has 1 heterocycles. The highest BCUT2D eigenvalue weighted by molar-refractivity contribution is 7.89. The van der Waals surface area contributed by atoms with Crippen molar-refractivity contribution in [2.24, 2.45) is 11.7 Å². The van der Waals surface area contributed by atoms with Gasteiger partial charge in [-0.1, -0.05) is 31.3 Å². The van der Waals surface area contributed by atoms with Gasteiger partial charge in [-0.15, -0.1) is 0 Å². The number of benzene rings is 1. The Morgan fingerprint density at radius 1 is 1.43 bits per heavy atom. The maximum atomic E-state index is 12.7. The Bertz CT molecular complexity index is 644. The monoisotopic (exact) mass is 306 g/mol. The Morgan fingerprint density at radius 3 is 2.95 bits per heavy atom. The summed E-state index contributed by atoms with van der Waals surface area (Å²) in [5, 5.41) is 0. The van der Waals surface area contributed by atoms with Crippen molar-refractivity contribution in [2.75, 3.05) is 19.6 Å². The van der Waals surface area contributed by atoms with Crippen molar-refractivity contribution in [3.05, 3.63) is 29.8 Å². The van der Waals surface area contributed by atoms with Crippen LogP contribution in [0.5, 0.6) is 0 Å². The molecule has 1 atom stereocenters. The zero-order chi connectivity index (χ0) is 15.3. The third-order valence-electron chi connectivity index (χ3n) is 3.87. The molecule has 1 aromatic rings. The number of rotatable bonds is 3. The first-order valence-electron chi connectivity index (χ1n) is 7.37. The van der Waals surface area contributed by atoms with Crippen molar-refractivity contribution in [1.82, 2.24) is 4.31 Å². The number of piperidine rings is 1. The Labute approximate surface area is 127 Å². The standard InChI is InChI=1S/C16H22N2O2S/c1-2-14-8-5-11-18(13-14)21(19,20)16-9-3-6-15(12-16)7-4-10-17/h3,6,9,12,14H,2,5,8,10-11,13,17H2,1H3. The van der Waals surface area contributed by atoms with Gasteiger partial charge in [-0.2, -0.15) is 4.31 Å². The first-order chi connectivity index (χ1) is 10.1. The van der Waals surface area contributed by atoms with E-state index in [9.17, 15) is 8.42 Å². The average Bonchev–Trinajstić information content (AvgIpc) is 2.53. The van der Waals surface area contributed by atoms with Crippen LogP contribution in [0.2, 0.25) is 0 Å². The summed E-state index contributed by atoms with van der Waals surface area (Å²) < 4.78 is 27.1. The van der Waals surface area contributed by atoms with Crippen LogP contribution in [0.4, 0.5) is 0 Å². The molecule has 114 valence electrons. The molecular weight excluding hydrogens is 284 g/mol. The van der Waals surface area contributed by atoms with Gasteiger partial charge in [0, 0.05) is 18.7 Å². The topological polar surface area (TPSA) is 63.4 Å². The van der Waals surface area contributed by atoms with Crippen molar-refractivity contribution in [1.29, 1.82) is 0 Å². The van der Waals surface area contributed by atoms with E-state index in [0.29, 0.717) is 29.5 Å². The summed E-state index contributed by atoms with van der Waals surface area (Å²) in [5.41, 5.74) is 6.03.